The fourth-order valence-electron chi connectivity index (χ4n) is 4.01. The SMILES string of the molecule is CCOc1ccc(/C(=C/C=C/C(=O)Nc2cccc3c2CC(O)CO3)c2ccc(C(F)(F)F)cc2)cc1. The van der Waals surface area contributed by atoms with Crippen molar-refractivity contribution < 1.29 is 32.5 Å². The molecule has 4 rings (SSSR count). The maximum Gasteiger partial charge on any atom is 0.416 e. The number of benzene rings is 3. The highest BCUT2D eigenvalue weighted by atomic mass is 19.4. The Kier molecular flexibility index (Phi) is 7.98. The van der Waals surface area contributed by atoms with Crippen molar-refractivity contribution in [3.8, 4) is 11.5 Å². The van der Waals surface area contributed by atoms with Crippen LogP contribution in [0.25, 0.3) is 5.57 Å². The van der Waals surface area contributed by atoms with Crippen molar-refractivity contribution in [3.63, 3.8) is 0 Å². The molecule has 3 aromatic rings. The summed E-state index contributed by atoms with van der Waals surface area (Å²) in [5.41, 5.74) is 2.47. The van der Waals surface area contributed by atoms with Crippen LogP contribution < -0.4 is 14.8 Å². The number of aliphatic hydroxyl groups excluding tert-OH is 1. The summed E-state index contributed by atoms with van der Waals surface area (Å²) >= 11 is 0. The molecule has 3 aromatic carbocycles. The Morgan fingerprint density at radius 1 is 1.08 bits per heavy atom. The molecular weight excluding hydrogens is 483 g/mol. The number of fused-ring (bicyclic) bond motifs is 1. The molecule has 1 aliphatic rings. The first kappa shape index (κ1) is 26.0. The Hall–Kier alpha value is -4.04. The molecule has 0 saturated carbocycles. The quantitative estimate of drug-likeness (QED) is 0.302. The van der Waals surface area contributed by atoms with Crippen LogP contribution in [0, 0.1) is 0 Å². The van der Waals surface area contributed by atoms with E-state index in [-0.39, 0.29) is 6.61 Å². The zero-order valence-corrected chi connectivity index (χ0v) is 20.1. The Bertz CT molecular complexity index is 1300. The molecular formula is C29H26F3NO4. The number of nitrogens with one attached hydrogen (secondary N) is 1. The highest BCUT2D eigenvalue weighted by molar-refractivity contribution is 6.00. The third-order valence-corrected chi connectivity index (χ3v) is 5.77. The second-order valence-corrected chi connectivity index (χ2v) is 8.41. The highest BCUT2D eigenvalue weighted by Crippen LogP contribution is 2.33. The highest BCUT2D eigenvalue weighted by Gasteiger charge is 2.30. The van der Waals surface area contributed by atoms with Crippen molar-refractivity contribution in [1.29, 1.82) is 0 Å². The van der Waals surface area contributed by atoms with Crippen LogP contribution in [0.5, 0.6) is 11.5 Å². The number of alkyl halides is 3. The van der Waals surface area contributed by atoms with Gasteiger partial charge in [-0.2, -0.15) is 13.2 Å². The molecule has 2 N–H and O–H groups in total. The number of allylic oxidation sites excluding steroid dienone is 2. The van der Waals surface area contributed by atoms with E-state index in [4.69, 9.17) is 9.47 Å². The van der Waals surface area contributed by atoms with Crippen LogP contribution in [0.15, 0.2) is 85.0 Å². The molecule has 1 heterocycles. The molecule has 37 heavy (non-hydrogen) atoms. The van der Waals surface area contributed by atoms with Crippen molar-refractivity contribution in [2.45, 2.75) is 25.6 Å². The van der Waals surface area contributed by atoms with Crippen molar-refractivity contribution >= 4 is 17.2 Å². The number of hydrogen-bond donors (Lipinski definition) is 2. The minimum atomic E-state index is -4.43. The third-order valence-electron chi connectivity index (χ3n) is 5.77. The van der Waals surface area contributed by atoms with Gasteiger partial charge in [0.2, 0.25) is 5.91 Å². The van der Waals surface area contributed by atoms with Gasteiger partial charge in [0.1, 0.15) is 18.1 Å². The number of aliphatic hydroxyl groups is 1. The summed E-state index contributed by atoms with van der Waals surface area (Å²) in [6.45, 7) is 2.58. The molecule has 0 radical (unpaired) electrons. The Balaban J connectivity index is 1.58. The number of amides is 1. The summed E-state index contributed by atoms with van der Waals surface area (Å²) in [5.74, 6) is 0.892. The molecule has 0 spiro atoms. The molecule has 1 atom stereocenters. The van der Waals surface area contributed by atoms with Gasteiger partial charge in [0.05, 0.1) is 18.3 Å². The lowest BCUT2D eigenvalue weighted by atomic mass is 9.96. The molecule has 5 nitrogen and oxygen atoms in total. The van der Waals surface area contributed by atoms with E-state index in [2.05, 4.69) is 5.32 Å². The minimum Gasteiger partial charge on any atom is -0.494 e. The van der Waals surface area contributed by atoms with Gasteiger partial charge in [-0.15, -0.1) is 0 Å². The van der Waals surface area contributed by atoms with Gasteiger partial charge in [-0.05, 0) is 60.0 Å². The van der Waals surface area contributed by atoms with E-state index in [0.29, 0.717) is 41.4 Å². The van der Waals surface area contributed by atoms with Gasteiger partial charge in [-0.1, -0.05) is 42.5 Å². The van der Waals surface area contributed by atoms with E-state index in [1.54, 1.807) is 42.5 Å². The molecule has 192 valence electrons. The molecule has 1 unspecified atom stereocenters. The summed E-state index contributed by atoms with van der Waals surface area (Å²) in [6.07, 6.45) is -0.171. The van der Waals surface area contributed by atoms with E-state index in [0.717, 1.165) is 23.3 Å². The van der Waals surface area contributed by atoms with Crippen LogP contribution in [0.1, 0.15) is 29.2 Å². The van der Waals surface area contributed by atoms with Crippen molar-refractivity contribution in [2.24, 2.45) is 0 Å². The Morgan fingerprint density at radius 3 is 2.41 bits per heavy atom. The molecule has 8 heteroatoms. The van der Waals surface area contributed by atoms with Crippen molar-refractivity contribution in [3.05, 3.63) is 107 Å². The standard InChI is InChI=1S/C29H26F3NO4/c1-2-36-23-15-11-20(12-16-23)24(19-9-13-21(14-10-19)29(30,31)32)5-3-8-28(35)33-26-6-4-7-27-25(26)17-22(34)18-37-27/h3-16,22,34H,2,17-18H2,1H3,(H,33,35)/b8-3+,24-5+. The van der Waals surface area contributed by atoms with Gasteiger partial charge < -0.3 is 19.9 Å². The number of ether oxygens (including phenoxy) is 2. The number of carbonyl (C=O) groups excluding carboxylic acids is 1. The van der Waals surface area contributed by atoms with Gasteiger partial charge in [0, 0.05) is 23.7 Å². The van der Waals surface area contributed by atoms with Gasteiger partial charge in [0.15, 0.2) is 0 Å². The van der Waals surface area contributed by atoms with Gasteiger partial charge >= 0.3 is 6.18 Å². The van der Waals surface area contributed by atoms with Crippen LogP contribution in [0.2, 0.25) is 0 Å². The zero-order chi connectivity index (χ0) is 26.4. The smallest absolute Gasteiger partial charge is 0.416 e. The lowest BCUT2D eigenvalue weighted by Crippen LogP contribution is -2.26. The number of hydrogen-bond acceptors (Lipinski definition) is 4. The Morgan fingerprint density at radius 2 is 1.76 bits per heavy atom. The summed E-state index contributed by atoms with van der Waals surface area (Å²) in [4.78, 5) is 12.6. The zero-order valence-electron chi connectivity index (χ0n) is 20.1. The third kappa shape index (κ3) is 6.59. The van der Waals surface area contributed by atoms with E-state index < -0.39 is 23.8 Å². The summed E-state index contributed by atoms with van der Waals surface area (Å²) in [5, 5.41) is 12.7. The minimum absolute atomic E-state index is 0.202. The van der Waals surface area contributed by atoms with E-state index in [1.807, 2.05) is 19.1 Å². The average molecular weight is 510 g/mol. The maximum absolute atomic E-state index is 13.1. The lowest BCUT2D eigenvalue weighted by Gasteiger charge is -2.23. The van der Waals surface area contributed by atoms with Crippen LogP contribution in [-0.4, -0.2) is 30.3 Å². The maximum atomic E-state index is 13.1. The van der Waals surface area contributed by atoms with Crippen LogP contribution in [0.3, 0.4) is 0 Å². The lowest BCUT2D eigenvalue weighted by molar-refractivity contribution is -0.137. The average Bonchev–Trinajstić information content (AvgIpc) is 2.87. The van der Waals surface area contributed by atoms with E-state index >= 15 is 0 Å². The monoisotopic (exact) mass is 509 g/mol. The fourth-order valence-corrected chi connectivity index (χ4v) is 4.01. The first-order valence-corrected chi connectivity index (χ1v) is 11.8. The first-order chi connectivity index (χ1) is 17.7. The van der Waals surface area contributed by atoms with Gasteiger partial charge in [-0.3, -0.25) is 4.79 Å². The molecule has 0 bridgehead atoms. The molecule has 1 aliphatic heterocycles. The summed E-state index contributed by atoms with van der Waals surface area (Å²) in [6, 6.07) is 17.3. The van der Waals surface area contributed by atoms with Gasteiger partial charge in [-0.25, -0.2) is 0 Å². The van der Waals surface area contributed by atoms with Gasteiger partial charge in [0.25, 0.3) is 0 Å². The Labute approximate surface area is 212 Å². The van der Waals surface area contributed by atoms with E-state index in [1.165, 1.54) is 18.2 Å². The van der Waals surface area contributed by atoms with Crippen LogP contribution >= 0.6 is 0 Å². The number of halogens is 3. The number of anilines is 1. The summed E-state index contributed by atoms with van der Waals surface area (Å²) in [7, 11) is 0. The van der Waals surface area contributed by atoms with Crippen molar-refractivity contribution in [2.75, 3.05) is 18.5 Å². The first-order valence-electron chi connectivity index (χ1n) is 11.8. The molecule has 0 fully saturated rings. The molecule has 0 aromatic heterocycles. The molecule has 0 saturated heterocycles. The normalized spacial score (nSPS) is 15.7. The number of carbonyl (C=O) groups is 1. The van der Waals surface area contributed by atoms with E-state index in [9.17, 15) is 23.1 Å². The number of rotatable bonds is 7. The fraction of sp³-hybridized carbons (Fsp3) is 0.207. The van der Waals surface area contributed by atoms with Crippen LogP contribution in [0.4, 0.5) is 18.9 Å². The second-order valence-electron chi connectivity index (χ2n) is 8.41. The predicted molar refractivity (Wildman–Crippen MR) is 136 cm³/mol. The molecule has 1 amide bonds. The largest absolute Gasteiger partial charge is 0.494 e. The predicted octanol–water partition coefficient (Wildman–Crippen LogP) is 6.03. The summed E-state index contributed by atoms with van der Waals surface area (Å²) < 4.78 is 50.1. The van der Waals surface area contributed by atoms with Crippen LogP contribution in [-0.2, 0) is 17.4 Å². The van der Waals surface area contributed by atoms with Crippen molar-refractivity contribution in [1.82, 2.24) is 0 Å². The second kappa shape index (κ2) is 11.3. The molecule has 0 aliphatic carbocycles. The topological polar surface area (TPSA) is 67.8 Å².